The zero-order valence-corrected chi connectivity index (χ0v) is 14.6. The Kier molecular flexibility index (Phi) is 3.74. The van der Waals surface area contributed by atoms with Gasteiger partial charge >= 0.3 is 0 Å². The lowest BCUT2D eigenvalue weighted by molar-refractivity contribution is 0.0885. The van der Waals surface area contributed by atoms with E-state index in [1.54, 1.807) is 6.07 Å². The van der Waals surface area contributed by atoms with Crippen LogP contribution in [-0.4, -0.2) is 26.7 Å². The van der Waals surface area contributed by atoms with Gasteiger partial charge in [0, 0.05) is 23.7 Å². The predicted octanol–water partition coefficient (Wildman–Crippen LogP) is 3.82. The largest absolute Gasteiger partial charge is 0.355 e. The maximum absolute atomic E-state index is 12.4. The van der Waals surface area contributed by atoms with Gasteiger partial charge < -0.3 is 14.4 Å². The number of benzene rings is 2. The number of fused-ring (bicyclic) bond motifs is 1. The smallest absolute Gasteiger partial charge is 0.273 e. The van der Waals surface area contributed by atoms with Crippen molar-refractivity contribution in [1.82, 2.24) is 20.0 Å². The van der Waals surface area contributed by atoms with Crippen LogP contribution in [0.1, 0.15) is 29.4 Å². The summed E-state index contributed by atoms with van der Waals surface area (Å²) in [6, 6.07) is 19.9. The van der Waals surface area contributed by atoms with E-state index in [9.17, 15) is 4.79 Å². The van der Waals surface area contributed by atoms with E-state index in [-0.39, 0.29) is 11.9 Å². The van der Waals surface area contributed by atoms with Crippen LogP contribution in [0.3, 0.4) is 0 Å². The second kappa shape index (κ2) is 6.39. The van der Waals surface area contributed by atoms with E-state index in [0.29, 0.717) is 17.5 Å². The van der Waals surface area contributed by atoms with Crippen LogP contribution in [0.4, 0.5) is 0 Å². The number of imidazole rings is 1. The van der Waals surface area contributed by atoms with Crippen LogP contribution >= 0.6 is 0 Å². The van der Waals surface area contributed by atoms with Crippen molar-refractivity contribution in [3.8, 4) is 11.3 Å². The third-order valence-corrected chi connectivity index (χ3v) is 5.12. The minimum absolute atomic E-state index is 0.139. The molecule has 1 aliphatic rings. The molecular formula is C21H18N4O2. The predicted molar refractivity (Wildman–Crippen MR) is 101 cm³/mol. The van der Waals surface area contributed by atoms with Gasteiger partial charge in [0.1, 0.15) is 0 Å². The van der Waals surface area contributed by atoms with Crippen molar-refractivity contribution >= 4 is 16.9 Å². The molecule has 134 valence electrons. The quantitative estimate of drug-likeness (QED) is 0.602. The Morgan fingerprint density at radius 3 is 2.70 bits per heavy atom. The third kappa shape index (κ3) is 2.89. The lowest BCUT2D eigenvalue weighted by Gasteiger charge is -2.36. The summed E-state index contributed by atoms with van der Waals surface area (Å²) in [5.74, 6) is 0.400. The molecule has 1 amide bonds. The summed E-state index contributed by atoms with van der Waals surface area (Å²) in [5.41, 5.74) is 3.35. The molecule has 0 radical (unpaired) electrons. The van der Waals surface area contributed by atoms with Gasteiger partial charge in [0.2, 0.25) is 0 Å². The van der Waals surface area contributed by atoms with Crippen molar-refractivity contribution in [3.63, 3.8) is 0 Å². The average molecular weight is 358 g/mol. The summed E-state index contributed by atoms with van der Waals surface area (Å²) in [6.07, 6.45) is 3.65. The van der Waals surface area contributed by atoms with Gasteiger partial charge in [0.15, 0.2) is 11.5 Å². The van der Waals surface area contributed by atoms with Crippen LogP contribution in [0.15, 0.2) is 71.5 Å². The van der Waals surface area contributed by atoms with Gasteiger partial charge in [-0.05, 0) is 25.0 Å². The molecule has 0 spiro atoms. The van der Waals surface area contributed by atoms with Crippen LogP contribution in [0.25, 0.3) is 22.4 Å². The fourth-order valence-electron chi connectivity index (χ4n) is 3.58. The second-order valence-corrected chi connectivity index (χ2v) is 6.88. The van der Waals surface area contributed by atoms with E-state index in [1.165, 1.54) is 0 Å². The molecule has 0 atom stereocenters. The molecule has 2 heterocycles. The molecule has 1 saturated carbocycles. The summed E-state index contributed by atoms with van der Waals surface area (Å²) in [5, 5.41) is 6.95. The number of rotatable bonds is 4. The fourth-order valence-corrected chi connectivity index (χ4v) is 3.58. The number of hydrogen-bond donors (Lipinski definition) is 1. The lowest BCUT2D eigenvalue weighted by atomic mass is 9.86. The molecular weight excluding hydrogens is 340 g/mol. The fraction of sp³-hybridized carbons (Fsp3) is 0.190. The van der Waals surface area contributed by atoms with Crippen molar-refractivity contribution in [2.45, 2.75) is 24.9 Å². The zero-order chi connectivity index (χ0) is 18.2. The normalized spacial score (nSPS) is 19.0. The zero-order valence-electron chi connectivity index (χ0n) is 14.6. The van der Waals surface area contributed by atoms with Crippen LogP contribution in [0, 0.1) is 0 Å². The van der Waals surface area contributed by atoms with Crippen LogP contribution < -0.4 is 5.32 Å². The number of nitrogens with one attached hydrogen (secondary N) is 1. The Labute approximate surface area is 155 Å². The number of hydrogen-bond acceptors (Lipinski definition) is 4. The van der Waals surface area contributed by atoms with Gasteiger partial charge in [-0.25, -0.2) is 4.98 Å². The van der Waals surface area contributed by atoms with Gasteiger partial charge in [0.05, 0.1) is 17.4 Å². The monoisotopic (exact) mass is 358 g/mol. The van der Waals surface area contributed by atoms with Crippen molar-refractivity contribution in [3.05, 3.63) is 72.7 Å². The van der Waals surface area contributed by atoms with E-state index in [0.717, 1.165) is 29.4 Å². The van der Waals surface area contributed by atoms with Gasteiger partial charge in [-0.2, -0.15) is 0 Å². The number of carbonyl (C=O) groups excluding carboxylic acids is 1. The SMILES string of the molecule is O=C(N[C@H]1C[C@H](n2cnc3ccccc32)C1)c1cc(-c2ccccc2)on1. The van der Waals surface area contributed by atoms with Crippen molar-refractivity contribution in [1.29, 1.82) is 0 Å². The number of carbonyl (C=O) groups is 1. The molecule has 4 aromatic rings. The molecule has 1 fully saturated rings. The first-order valence-corrected chi connectivity index (χ1v) is 9.02. The molecule has 6 nitrogen and oxygen atoms in total. The summed E-state index contributed by atoms with van der Waals surface area (Å²) < 4.78 is 7.51. The highest BCUT2D eigenvalue weighted by Crippen LogP contribution is 2.34. The maximum atomic E-state index is 12.4. The third-order valence-electron chi connectivity index (χ3n) is 5.12. The first-order chi connectivity index (χ1) is 13.3. The molecule has 0 bridgehead atoms. The minimum Gasteiger partial charge on any atom is -0.355 e. The number of amides is 1. The van der Waals surface area contributed by atoms with E-state index in [1.807, 2.05) is 54.9 Å². The summed E-state index contributed by atoms with van der Waals surface area (Å²) in [6.45, 7) is 0. The first kappa shape index (κ1) is 15.8. The molecule has 5 rings (SSSR count). The Morgan fingerprint density at radius 2 is 1.85 bits per heavy atom. The number of nitrogens with zero attached hydrogens (tertiary/aromatic N) is 3. The topological polar surface area (TPSA) is 73.0 Å². The average Bonchev–Trinajstić information content (AvgIpc) is 3.32. The summed E-state index contributed by atoms with van der Waals surface area (Å²) >= 11 is 0. The van der Waals surface area contributed by atoms with Gasteiger partial charge in [-0.3, -0.25) is 4.79 Å². The Morgan fingerprint density at radius 1 is 1.07 bits per heavy atom. The molecule has 2 aromatic heterocycles. The summed E-state index contributed by atoms with van der Waals surface area (Å²) in [4.78, 5) is 16.9. The summed E-state index contributed by atoms with van der Waals surface area (Å²) in [7, 11) is 0. The van der Waals surface area contributed by atoms with Gasteiger partial charge in [0.25, 0.3) is 5.91 Å². The molecule has 6 heteroatoms. The Balaban J connectivity index is 1.23. The van der Waals surface area contributed by atoms with Crippen molar-refractivity contribution in [2.24, 2.45) is 0 Å². The van der Waals surface area contributed by atoms with Crippen molar-refractivity contribution < 1.29 is 9.32 Å². The Bertz CT molecular complexity index is 1090. The molecule has 0 aliphatic heterocycles. The first-order valence-electron chi connectivity index (χ1n) is 9.02. The number of para-hydroxylation sites is 2. The number of aromatic nitrogens is 3. The van der Waals surface area contributed by atoms with Crippen LogP contribution in [-0.2, 0) is 0 Å². The molecule has 0 saturated heterocycles. The highest BCUT2D eigenvalue weighted by Gasteiger charge is 2.33. The molecule has 1 N–H and O–H groups in total. The Hall–Kier alpha value is -3.41. The molecule has 2 aromatic carbocycles. The minimum atomic E-state index is -0.195. The lowest BCUT2D eigenvalue weighted by Crippen LogP contribution is -2.45. The van der Waals surface area contributed by atoms with Crippen LogP contribution in [0.2, 0.25) is 0 Å². The highest BCUT2D eigenvalue weighted by molar-refractivity contribution is 5.93. The maximum Gasteiger partial charge on any atom is 0.273 e. The van der Waals surface area contributed by atoms with E-state index in [2.05, 4.69) is 26.1 Å². The van der Waals surface area contributed by atoms with E-state index in [4.69, 9.17) is 4.52 Å². The highest BCUT2D eigenvalue weighted by atomic mass is 16.5. The second-order valence-electron chi connectivity index (χ2n) is 6.88. The van der Waals surface area contributed by atoms with Crippen molar-refractivity contribution in [2.75, 3.05) is 0 Å². The molecule has 1 aliphatic carbocycles. The van der Waals surface area contributed by atoms with Gasteiger partial charge in [-0.15, -0.1) is 0 Å². The van der Waals surface area contributed by atoms with E-state index < -0.39 is 0 Å². The van der Waals surface area contributed by atoms with E-state index >= 15 is 0 Å². The van der Waals surface area contributed by atoms with Gasteiger partial charge in [-0.1, -0.05) is 47.6 Å². The standard InChI is InChI=1S/C21H18N4O2/c26-21(18-12-20(27-24-18)14-6-2-1-3-7-14)23-15-10-16(11-15)25-13-22-17-8-4-5-9-19(17)25/h1-9,12-13,15-16H,10-11H2,(H,23,26)/t15-,16-. The van der Waals surface area contributed by atoms with Crippen LogP contribution in [0.5, 0.6) is 0 Å². The molecule has 27 heavy (non-hydrogen) atoms. The molecule has 0 unspecified atom stereocenters.